The number of hydrogen-bond donors (Lipinski definition) is 0. The fourth-order valence-corrected chi connectivity index (χ4v) is 2.92. The van der Waals surface area contributed by atoms with E-state index in [4.69, 9.17) is 4.99 Å². The maximum absolute atomic E-state index is 9.26. The number of halogens is 1. The number of benzene rings is 1. The largest absolute Gasteiger partial charge is 0.356 e. The Labute approximate surface area is 138 Å². The summed E-state index contributed by atoms with van der Waals surface area (Å²) < 4.78 is 0.895. The molecule has 1 fully saturated rings. The Bertz CT molecular complexity index is 734. The fourth-order valence-electron chi connectivity index (χ4n) is 2.56. The molecular weight excluding hydrogens is 340 g/mol. The zero-order chi connectivity index (χ0) is 15.4. The number of amidine groups is 1. The van der Waals surface area contributed by atoms with Crippen LogP contribution in [-0.2, 0) is 6.54 Å². The molecule has 3 rings (SSSR count). The molecule has 1 aliphatic rings. The molecule has 0 atom stereocenters. The number of aliphatic imine (C=N–C) groups is 1. The Morgan fingerprint density at radius 2 is 2.27 bits per heavy atom. The van der Waals surface area contributed by atoms with Crippen molar-refractivity contribution < 1.29 is 0 Å². The van der Waals surface area contributed by atoms with Crippen molar-refractivity contribution in [1.29, 1.82) is 5.26 Å². The lowest BCUT2D eigenvalue weighted by Crippen LogP contribution is -2.24. The van der Waals surface area contributed by atoms with Gasteiger partial charge in [0.1, 0.15) is 11.9 Å². The van der Waals surface area contributed by atoms with Crippen LogP contribution >= 0.6 is 15.9 Å². The van der Waals surface area contributed by atoms with Gasteiger partial charge in [-0.3, -0.25) is 4.98 Å². The second kappa shape index (κ2) is 6.71. The number of nitriles is 1. The van der Waals surface area contributed by atoms with Gasteiger partial charge < -0.3 is 4.90 Å². The van der Waals surface area contributed by atoms with Crippen molar-refractivity contribution in [2.24, 2.45) is 4.99 Å². The molecule has 2 heterocycles. The van der Waals surface area contributed by atoms with Crippen LogP contribution in [0.2, 0.25) is 0 Å². The number of pyridine rings is 1. The van der Waals surface area contributed by atoms with Crippen molar-refractivity contribution in [1.82, 2.24) is 9.88 Å². The van der Waals surface area contributed by atoms with E-state index in [9.17, 15) is 5.26 Å². The molecule has 2 aromatic rings. The monoisotopic (exact) mass is 354 g/mol. The first-order valence-electron chi connectivity index (χ1n) is 7.17. The predicted octanol–water partition coefficient (Wildman–Crippen LogP) is 4.04. The van der Waals surface area contributed by atoms with Crippen molar-refractivity contribution in [3.63, 3.8) is 0 Å². The third-order valence-electron chi connectivity index (χ3n) is 3.62. The third kappa shape index (κ3) is 3.34. The van der Waals surface area contributed by atoms with E-state index in [0.29, 0.717) is 5.56 Å². The van der Waals surface area contributed by atoms with Crippen LogP contribution in [-0.4, -0.2) is 22.3 Å². The van der Waals surface area contributed by atoms with Gasteiger partial charge in [0.2, 0.25) is 0 Å². The van der Waals surface area contributed by atoms with Crippen molar-refractivity contribution in [2.75, 3.05) is 6.54 Å². The second-order valence-electron chi connectivity index (χ2n) is 5.19. The van der Waals surface area contributed by atoms with Crippen LogP contribution in [0.15, 0.2) is 52.2 Å². The topological polar surface area (TPSA) is 52.3 Å². The molecule has 4 nitrogen and oxygen atoms in total. The molecule has 5 heteroatoms. The van der Waals surface area contributed by atoms with Crippen LogP contribution in [0.4, 0.5) is 5.69 Å². The molecule has 22 heavy (non-hydrogen) atoms. The van der Waals surface area contributed by atoms with E-state index in [1.165, 1.54) is 5.56 Å². The van der Waals surface area contributed by atoms with Crippen LogP contribution in [0.25, 0.3) is 0 Å². The first-order chi connectivity index (χ1) is 10.8. The molecule has 0 spiro atoms. The molecule has 1 aliphatic heterocycles. The highest BCUT2D eigenvalue weighted by Gasteiger charge is 2.19. The zero-order valence-electron chi connectivity index (χ0n) is 12.0. The molecule has 0 bridgehead atoms. The maximum Gasteiger partial charge on any atom is 0.105 e. The van der Waals surface area contributed by atoms with Crippen molar-refractivity contribution >= 4 is 27.5 Å². The number of likely N-dealkylation sites (tertiary alicyclic amines) is 1. The highest BCUT2D eigenvalue weighted by Crippen LogP contribution is 2.26. The van der Waals surface area contributed by atoms with E-state index in [0.717, 1.165) is 41.9 Å². The van der Waals surface area contributed by atoms with Gasteiger partial charge in [-0.15, -0.1) is 0 Å². The number of nitrogens with zero attached hydrogens (tertiary/aromatic N) is 4. The lowest BCUT2D eigenvalue weighted by atomic mass is 10.2. The summed E-state index contributed by atoms with van der Waals surface area (Å²) in [7, 11) is 0. The Morgan fingerprint density at radius 1 is 1.36 bits per heavy atom. The quantitative estimate of drug-likeness (QED) is 0.835. The molecule has 0 unspecified atom stereocenters. The molecule has 1 aromatic carbocycles. The summed E-state index contributed by atoms with van der Waals surface area (Å²) in [6.45, 7) is 1.80. The van der Waals surface area contributed by atoms with Gasteiger partial charge in [-0.1, -0.05) is 22.0 Å². The minimum absolute atomic E-state index is 0.593. The maximum atomic E-state index is 9.26. The average molecular weight is 355 g/mol. The molecule has 110 valence electrons. The first-order valence-corrected chi connectivity index (χ1v) is 7.96. The Hall–Kier alpha value is -2.19. The molecule has 0 saturated carbocycles. The van der Waals surface area contributed by atoms with E-state index in [2.05, 4.69) is 37.9 Å². The second-order valence-corrected chi connectivity index (χ2v) is 6.10. The van der Waals surface area contributed by atoms with Gasteiger partial charge in [0.25, 0.3) is 0 Å². The highest BCUT2D eigenvalue weighted by molar-refractivity contribution is 9.10. The summed E-state index contributed by atoms with van der Waals surface area (Å²) in [4.78, 5) is 11.1. The smallest absolute Gasteiger partial charge is 0.105 e. The highest BCUT2D eigenvalue weighted by atomic mass is 79.9. The molecule has 0 amide bonds. The van der Waals surface area contributed by atoms with E-state index in [1.807, 2.05) is 24.4 Å². The minimum Gasteiger partial charge on any atom is -0.356 e. The number of hydrogen-bond acceptors (Lipinski definition) is 3. The van der Waals surface area contributed by atoms with Crippen LogP contribution in [0, 0.1) is 11.3 Å². The normalized spacial score (nSPS) is 16.0. The van der Waals surface area contributed by atoms with Gasteiger partial charge in [0.05, 0.1) is 11.3 Å². The standard InChI is InChI=1S/C17H15BrN4/c18-15-5-6-16(14(9-15)10-19)21-17-4-2-8-22(17)12-13-3-1-7-20-11-13/h1,3,5-7,9,11H,2,4,8,12H2. The van der Waals surface area contributed by atoms with Crippen molar-refractivity contribution in [3.05, 3.63) is 58.3 Å². The Morgan fingerprint density at radius 3 is 3.05 bits per heavy atom. The van der Waals surface area contributed by atoms with Crippen molar-refractivity contribution in [2.45, 2.75) is 19.4 Å². The van der Waals surface area contributed by atoms with Crippen LogP contribution in [0.1, 0.15) is 24.0 Å². The SMILES string of the molecule is N#Cc1cc(Br)ccc1N=C1CCCN1Cc1cccnc1. The lowest BCUT2D eigenvalue weighted by Gasteiger charge is -2.19. The molecule has 1 aromatic heterocycles. The van der Waals surface area contributed by atoms with Gasteiger partial charge in [-0.2, -0.15) is 5.26 Å². The molecule has 0 N–H and O–H groups in total. The summed E-state index contributed by atoms with van der Waals surface area (Å²) in [6, 6.07) is 11.8. The summed E-state index contributed by atoms with van der Waals surface area (Å²) >= 11 is 3.39. The van der Waals surface area contributed by atoms with Crippen LogP contribution < -0.4 is 0 Å². The van der Waals surface area contributed by atoms with E-state index >= 15 is 0 Å². The number of aromatic nitrogens is 1. The summed E-state index contributed by atoms with van der Waals surface area (Å²) in [5.41, 5.74) is 2.50. The summed E-state index contributed by atoms with van der Waals surface area (Å²) in [5, 5.41) is 9.26. The van der Waals surface area contributed by atoms with Gasteiger partial charge in [0, 0.05) is 36.4 Å². The molecular formula is C17H15BrN4. The van der Waals surface area contributed by atoms with Crippen LogP contribution in [0.5, 0.6) is 0 Å². The average Bonchev–Trinajstić information content (AvgIpc) is 2.97. The van der Waals surface area contributed by atoms with E-state index in [1.54, 1.807) is 12.3 Å². The molecule has 1 saturated heterocycles. The lowest BCUT2D eigenvalue weighted by molar-refractivity contribution is 0.447. The van der Waals surface area contributed by atoms with Gasteiger partial charge in [-0.25, -0.2) is 4.99 Å². The molecule has 0 radical (unpaired) electrons. The summed E-state index contributed by atoms with van der Waals surface area (Å²) in [5.74, 6) is 1.04. The van der Waals surface area contributed by atoms with Crippen molar-refractivity contribution in [3.8, 4) is 6.07 Å². The number of rotatable bonds is 3. The molecule has 0 aliphatic carbocycles. The minimum atomic E-state index is 0.593. The Balaban J connectivity index is 1.85. The summed E-state index contributed by atoms with van der Waals surface area (Å²) in [6.07, 6.45) is 5.71. The first kappa shape index (κ1) is 14.7. The van der Waals surface area contributed by atoms with Crippen LogP contribution in [0.3, 0.4) is 0 Å². The van der Waals surface area contributed by atoms with E-state index < -0.39 is 0 Å². The van der Waals surface area contributed by atoms with E-state index in [-0.39, 0.29) is 0 Å². The van der Waals surface area contributed by atoms with Gasteiger partial charge in [-0.05, 0) is 36.2 Å². The fraction of sp³-hybridized carbons (Fsp3) is 0.235. The Kier molecular flexibility index (Phi) is 4.50. The van der Waals surface area contributed by atoms with Gasteiger partial charge in [0.15, 0.2) is 0 Å². The predicted molar refractivity (Wildman–Crippen MR) is 89.8 cm³/mol. The third-order valence-corrected chi connectivity index (χ3v) is 4.11. The zero-order valence-corrected chi connectivity index (χ0v) is 13.6. The van der Waals surface area contributed by atoms with Gasteiger partial charge >= 0.3 is 0 Å².